The molecule has 5 heteroatoms. The van der Waals surface area contributed by atoms with Crippen molar-refractivity contribution in [2.45, 2.75) is 12.5 Å². The van der Waals surface area contributed by atoms with E-state index in [4.69, 9.17) is 15.6 Å². The van der Waals surface area contributed by atoms with Crippen LogP contribution in [0, 0.1) is 0 Å². The Kier molecular flexibility index (Phi) is 3.25. The van der Waals surface area contributed by atoms with Gasteiger partial charge in [0.05, 0.1) is 12.6 Å². The van der Waals surface area contributed by atoms with E-state index < -0.39 is 12.0 Å². The molecule has 0 aliphatic carbocycles. The summed E-state index contributed by atoms with van der Waals surface area (Å²) >= 11 is 0. The van der Waals surface area contributed by atoms with Crippen molar-refractivity contribution >= 4 is 16.9 Å². The number of ether oxygens (including phenoxy) is 1. The Morgan fingerprint density at radius 1 is 1.56 bits per heavy atom. The lowest BCUT2D eigenvalue weighted by atomic mass is 10.1. The molecule has 3 N–H and O–H groups in total. The number of aryl methyl sites for hydroxylation is 1. The number of hydrogen-bond acceptors (Lipinski definition) is 3. The third-order valence-electron chi connectivity index (χ3n) is 3.02. The minimum atomic E-state index is -0.991. The predicted octanol–water partition coefficient (Wildman–Crippen LogP) is 1.14. The summed E-state index contributed by atoms with van der Waals surface area (Å²) in [6.07, 6.45) is 2.20. The molecule has 2 rings (SSSR count). The molecule has 1 unspecified atom stereocenters. The van der Waals surface area contributed by atoms with Crippen LogP contribution in [-0.4, -0.2) is 28.8 Å². The molecule has 0 aliphatic heterocycles. The average Bonchev–Trinajstić information content (AvgIpc) is 2.66. The summed E-state index contributed by atoms with van der Waals surface area (Å²) in [6.45, 7) is 0. The zero-order chi connectivity index (χ0) is 13.3. The third kappa shape index (κ3) is 2.04. The molecule has 0 amide bonds. The van der Waals surface area contributed by atoms with Crippen LogP contribution < -0.4 is 10.5 Å². The Morgan fingerprint density at radius 3 is 2.89 bits per heavy atom. The fraction of sp³-hybridized carbons (Fsp3) is 0.308. The number of hydrogen-bond donors (Lipinski definition) is 2. The smallest absolute Gasteiger partial charge is 0.320 e. The topological polar surface area (TPSA) is 77.5 Å². The van der Waals surface area contributed by atoms with Gasteiger partial charge < -0.3 is 20.1 Å². The Hall–Kier alpha value is -2.01. The fourth-order valence-corrected chi connectivity index (χ4v) is 2.16. The molecule has 1 atom stereocenters. The number of nitrogens with zero attached hydrogens (tertiary/aromatic N) is 1. The van der Waals surface area contributed by atoms with Crippen molar-refractivity contribution in [3.05, 3.63) is 30.0 Å². The number of aromatic nitrogens is 1. The van der Waals surface area contributed by atoms with Crippen molar-refractivity contribution in [2.24, 2.45) is 12.8 Å². The Morgan fingerprint density at radius 2 is 2.28 bits per heavy atom. The first-order valence-electron chi connectivity index (χ1n) is 5.64. The van der Waals surface area contributed by atoms with Crippen LogP contribution in [0.2, 0.25) is 0 Å². The number of benzene rings is 1. The van der Waals surface area contributed by atoms with Crippen LogP contribution in [-0.2, 0) is 18.3 Å². The Labute approximate surface area is 105 Å². The Balaban J connectivity index is 2.50. The van der Waals surface area contributed by atoms with E-state index >= 15 is 0 Å². The van der Waals surface area contributed by atoms with E-state index in [0.717, 1.165) is 22.2 Å². The first kappa shape index (κ1) is 12.4. The highest BCUT2D eigenvalue weighted by Crippen LogP contribution is 2.29. The number of carbonyl (C=O) groups is 1. The zero-order valence-corrected chi connectivity index (χ0v) is 10.4. The largest absolute Gasteiger partial charge is 0.495 e. The molecule has 96 valence electrons. The maximum atomic E-state index is 10.8. The molecule has 0 aliphatic rings. The number of rotatable bonds is 4. The molecule has 18 heavy (non-hydrogen) atoms. The second-order valence-corrected chi connectivity index (χ2v) is 4.27. The van der Waals surface area contributed by atoms with E-state index in [0.29, 0.717) is 6.42 Å². The van der Waals surface area contributed by atoms with Crippen LogP contribution in [0.25, 0.3) is 10.9 Å². The summed E-state index contributed by atoms with van der Waals surface area (Å²) in [5, 5.41) is 9.85. The third-order valence-corrected chi connectivity index (χ3v) is 3.02. The normalized spacial score (nSPS) is 12.6. The first-order valence-corrected chi connectivity index (χ1v) is 5.64. The number of carboxylic acids is 1. The molecular formula is C13H16N2O3. The van der Waals surface area contributed by atoms with Gasteiger partial charge in [-0.15, -0.1) is 0 Å². The predicted molar refractivity (Wildman–Crippen MR) is 68.8 cm³/mol. The minimum Gasteiger partial charge on any atom is -0.495 e. The van der Waals surface area contributed by atoms with Gasteiger partial charge in [0.25, 0.3) is 0 Å². The molecule has 1 aromatic carbocycles. The van der Waals surface area contributed by atoms with E-state index in [1.165, 1.54) is 0 Å². The van der Waals surface area contributed by atoms with Gasteiger partial charge in [0.15, 0.2) is 0 Å². The molecule has 1 aromatic heterocycles. The fourth-order valence-electron chi connectivity index (χ4n) is 2.16. The van der Waals surface area contributed by atoms with Crippen LogP contribution in [0.4, 0.5) is 0 Å². The van der Waals surface area contributed by atoms with Crippen LogP contribution in [0.15, 0.2) is 24.4 Å². The van der Waals surface area contributed by atoms with Gasteiger partial charge in [-0.2, -0.15) is 0 Å². The van der Waals surface area contributed by atoms with Gasteiger partial charge >= 0.3 is 5.97 Å². The van der Waals surface area contributed by atoms with Crippen molar-refractivity contribution in [3.63, 3.8) is 0 Å². The van der Waals surface area contributed by atoms with Gasteiger partial charge in [0.1, 0.15) is 11.8 Å². The van der Waals surface area contributed by atoms with E-state index in [-0.39, 0.29) is 0 Å². The number of methoxy groups -OCH3 is 1. The van der Waals surface area contributed by atoms with Crippen molar-refractivity contribution in [1.82, 2.24) is 4.57 Å². The summed E-state index contributed by atoms with van der Waals surface area (Å²) in [5.41, 5.74) is 7.45. The van der Waals surface area contributed by atoms with Crippen LogP contribution >= 0.6 is 0 Å². The molecule has 0 bridgehead atoms. The molecule has 0 spiro atoms. The summed E-state index contributed by atoms with van der Waals surface area (Å²) in [7, 11) is 3.52. The molecule has 0 saturated heterocycles. The molecular weight excluding hydrogens is 232 g/mol. The van der Waals surface area contributed by atoms with Crippen molar-refractivity contribution in [2.75, 3.05) is 7.11 Å². The van der Waals surface area contributed by atoms with Gasteiger partial charge in [-0.1, -0.05) is 12.1 Å². The summed E-state index contributed by atoms with van der Waals surface area (Å²) in [6, 6.07) is 4.82. The lowest BCUT2D eigenvalue weighted by Gasteiger charge is -2.06. The summed E-state index contributed by atoms with van der Waals surface area (Å²) < 4.78 is 7.23. The maximum Gasteiger partial charge on any atom is 0.320 e. The molecule has 1 heterocycles. The maximum absolute atomic E-state index is 10.8. The SMILES string of the molecule is COc1cccc2c(CC(N)C(=O)O)cn(C)c12. The van der Waals surface area contributed by atoms with Crippen LogP contribution in [0.1, 0.15) is 5.56 Å². The van der Waals surface area contributed by atoms with Crippen molar-refractivity contribution in [3.8, 4) is 5.75 Å². The molecule has 2 aromatic rings. The molecule has 5 nitrogen and oxygen atoms in total. The quantitative estimate of drug-likeness (QED) is 0.850. The number of aliphatic carboxylic acids is 1. The highest BCUT2D eigenvalue weighted by atomic mass is 16.5. The van der Waals surface area contributed by atoms with E-state index in [1.807, 2.05) is 36.0 Å². The minimum absolute atomic E-state index is 0.305. The second-order valence-electron chi connectivity index (χ2n) is 4.27. The summed E-state index contributed by atoms with van der Waals surface area (Å²) in [4.78, 5) is 10.8. The second kappa shape index (κ2) is 4.70. The van der Waals surface area contributed by atoms with Gasteiger partial charge in [0, 0.05) is 25.1 Å². The number of nitrogens with two attached hydrogens (primary N) is 1. The molecule has 0 fully saturated rings. The lowest BCUT2D eigenvalue weighted by Crippen LogP contribution is -2.32. The highest BCUT2D eigenvalue weighted by molar-refractivity contribution is 5.89. The van der Waals surface area contributed by atoms with E-state index in [1.54, 1.807) is 7.11 Å². The molecule has 0 saturated carbocycles. The van der Waals surface area contributed by atoms with Gasteiger partial charge in [-0.25, -0.2) is 0 Å². The van der Waals surface area contributed by atoms with Crippen molar-refractivity contribution < 1.29 is 14.6 Å². The van der Waals surface area contributed by atoms with Gasteiger partial charge in [-0.3, -0.25) is 4.79 Å². The van der Waals surface area contributed by atoms with Crippen molar-refractivity contribution in [1.29, 1.82) is 0 Å². The van der Waals surface area contributed by atoms with Gasteiger partial charge in [0.2, 0.25) is 0 Å². The monoisotopic (exact) mass is 248 g/mol. The number of fused-ring (bicyclic) bond motifs is 1. The van der Waals surface area contributed by atoms with E-state index in [9.17, 15) is 4.79 Å². The summed E-state index contributed by atoms with van der Waals surface area (Å²) in [5.74, 6) is -0.222. The highest BCUT2D eigenvalue weighted by Gasteiger charge is 2.17. The first-order chi connectivity index (χ1) is 8.54. The number of para-hydroxylation sites is 1. The van der Waals surface area contributed by atoms with Crippen LogP contribution in [0.5, 0.6) is 5.75 Å². The van der Waals surface area contributed by atoms with E-state index in [2.05, 4.69) is 0 Å². The zero-order valence-electron chi connectivity index (χ0n) is 10.4. The average molecular weight is 248 g/mol. The van der Waals surface area contributed by atoms with Gasteiger partial charge in [-0.05, 0) is 11.6 Å². The molecule has 0 radical (unpaired) electrons. The Bertz CT molecular complexity index is 589. The standard InChI is InChI=1S/C13H16N2O3/c1-15-7-8(6-10(14)13(16)17)9-4-3-5-11(18-2)12(9)15/h3-5,7,10H,6,14H2,1-2H3,(H,16,17). The number of carboxylic acid groups (broad SMARTS) is 1. The van der Waals surface area contributed by atoms with Crippen LogP contribution in [0.3, 0.4) is 0 Å². The lowest BCUT2D eigenvalue weighted by molar-refractivity contribution is -0.138.